The van der Waals surface area contributed by atoms with E-state index in [1.165, 1.54) is 5.56 Å². The third kappa shape index (κ3) is 5.17. The third-order valence-electron chi connectivity index (χ3n) is 4.98. The van der Waals surface area contributed by atoms with E-state index in [4.69, 9.17) is 0 Å². The van der Waals surface area contributed by atoms with Crippen molar-refractivity contribution in [2.45, 2.75) is 40.3 Å². The van der Waals surface area contributed by atoms with Crippen LogP contribution in [0.4, 0.5) is 5.69 Å². The summed E-state index contributed by atoms with van der Waals surface area (Å²) in [6, 6.07) is 11.5. The summed E-state index contributed by atoms with van der Waals surface area (Å²) in [6.07, 6.45) is 0. The van der Waals surface area contributed by atoms with Crippen LogP contribution in [0.3, 0.4) is 0 Å². The molecule has 27 heavy (non-hydrogen) atoms. The molecule has 2 atom stereocenters. The molecular formula is C22H30N3O2+. The summed E-state index contributed by atoms with van der Waals surface area (Å²) in [4.78, 5) is 25.4. The molecule has 5 heteroatoms. The summed E-state index contributed by atoms with van der Waals surface area (Å²) in [7, 11) is 3.62. The van der Waals surface area contributed by atoms with Gasteiger partial charge in [0.2, 0.25) is 0 Å². The minimum absolute atomic E-state index is 0.00420. The van der Waals surface area contributed by atoms with Gasteiger partial charge in [0.05, 0.1) is 7.05 Å². The molecule has 1 unspecified atom stereocenters. The maximum Gasteiger partial charge on any atom is 0.282 e. The second-order valence-electron chi connectivity index (χ2n) is 7.28. The second-order valence-corrected chi connectivity index (χ2v) is 7.28. The maximum absolute atomic E-state index is 12.7. The van der Waals surface area contributed by atoms with Gasteiger partial charge in [0, 0.05) is 23.9 Å². The van der Waals surface area contributed by atoms with E-state index in [9.17, 15) is 9.59 Å². The molecule has 2 aromatic rings. The Balaban J connectivity index is 2.03. The van der Waals surface area contributed by atoms with Gasteiger partial charge in [-0.2, -0.15) is 0 Å². The molecule has 0 saturated heterocycles. The Labute approximate surface area is 161 Å². The topological polar surface area (TPSA) is 62.6 Å². The first-order valence-electron chi connectivity index (χ1n) is 9.25. The fourth-order valence-corrected chi connectivity index (χ4v) is 3.23. The zero-order valence-electron chi connectivity index (χ0n) is 17.1. The molecule has 5 nitrogen and oxygen atoms in total. The van der Waals surface area contributed by atoms with Crippen molar-refractivity contribution in [2.24, 2.45) is 0 Å². The van der Waals surface area contributed by atoms with Gasteiger partial charge in [0.1, 0.15) is 6.54 Å². The van der Waals surface area contributed by atoms with Crippen LogP contribution in [0, 0.1) is 20.8 Å². The molecule has 0 aliphatic carbocycles. The van der Waals surface area contributed by atoms with Gasteiger partial charge in [-0.15, -0.1) is 0 Å². The number of likely N-dealkylation sites (N-methyl/N-ethyl adjacent to an activating group) is 1. The number of aryl methyl sites for hydroxylation is 3. The van der Waals surface area contributed by atoms with E-state index in [2.05, 4.69) is 29.7 Å². The zero-order chi connectivity index (χ0) is 20.1. The fraction of sp³-hybridized carbons (Fsp3) is 0.364. The van der Waals surface area contributed by atoms with Crippen LogP contribution in [0.5, 0.6) is 0 Å². The number of hydrogen-bond donors (Lipinski definition) is 3. The van der Waals surface area contributed by atoms with Gasteiger partial charge in [-0.3, -0.25) is 9.59 Å². The van der Waals surface area contributed by atoms with Crippen molar-refractivity contribution in [3.05, 3.63) is 64.2 Å². The van der Waals surface area contributed by atoms with Crippen LogP contribution in [-0.2, 0) is 11.3 Å². The zero-order valence-corrected chi connectivity index (χ0v) is 17.1. The minimum atomic E-state index is -0.205. The Morgan fingerprint density at radius 1 is 1.04 bits per heavy atom. The summed E-state index contributed by atoms with van der Waals surface area (Å²) < 4.78 is 0. The molecular weight excluding hydrogens is 338 g/mol. The molecule has 0 aliphatic heterocycles. The van der Waals surface area contributed by atoms with Gasteiger partial charge in [-0.1, -0.05) is 29.8 Å². The summed E-state index contributed by atoms with van der Waals surface area (Å²) in [6.45, 7) is 8.73. The highest BCUT2D eigenvalue weighted by atomic mass is 16.2. The smallest absolute Gasteiger partial charge is 0.282 e. The summed E-state index contributed by atoms with van der Waals surface area (Å²) in [5.74, 6) is -0.0941. The molecule has 0 bridgehead atoms. The Morgan fingerprint density at radius 3 is 2.11 bits per heavy atom. The van der Waals surface area contributed by atoms with Crippen molar-refractivity contribution in [3.63, 3.8) is 0 Å². The number of hydrogen-bond acceptors (Lipinski definition) is 2. The van der Waals surface area contributed by atoms with E-state index in [1.807, 2.05) is 52.1 Å². The van der Waals surface area contributed by atoms with Crippen molar-refractivity contribution in [3.8, 4) is 0 Å². The SMILES string of the molecule is CNC(=O)c1ccc(C[NH+](C)[C@H](C)C(=O)Nc2c(C)cc(C)cc2C)cc1. The van der Waals surface area contributed by atoms with Gasteiger partial charge >= 0.3 is 0 Å². The fourth-order valence-electron chi connectivity index (χ4n) is 3.23. The molecule has 0 saturated carbocycles. The van der Waals surface area contributed by atoms with Crippen molar-refractivity contribution in [1.82, 2.24) is 5.32 Å². The second kappa shape index (κ2) is 8.82. The number of nitrogens with one attached hydrogen (secondary N) is 3. The van der Waals surface area contributed by atoms with Crippen LogP contribution in [0.2, 0.25) is 0 Å². The lowest BCUT2D eigenvalue weighted by molar-refractivity contribution is -0.907. The van der Waals surface area contributed by atoms with Crippen LogP contribution < -0.4 is 15.5 Å². The van der Waals surface area contributed by atoms with E-state index >= 15 is 0 Å². The van der Waals surface area contributed by atoms with Gasteiger partial charge in [0.25, 0.3) is 11.8 Å². The lowest BCUT2D eigenvalue weighted by Crippen LogP contribution is -3.12. The molecule has 2 amide bonds. The van der Waals surface area contributed by atoms with Gasteiger partial charge < -0.3 is 15.5 Å². The Morgan fingerprint density at radius 2 is 1.59 bits per heavy atom. The average Bonchev–Trinajstić information content (AvgIpc) is 2.63. The van der Waals surface area contributed by atoms with Crippen molar-refractivity contribution in [2.75, 3.05) is 19.4 Å². The molecule has 0 fully saturated rings. The molecule has 2 rings (SSSR count). The first kappa shape index (κ1) is 20.6. The highest BCUT2D eigenvalue weighted by Crippen LogP contribution is 2.21. The van der Waals surface area contributed by atoms with Crippen molar-refractivity contribution >= 4 is 17.5 Å². The number of quaternary nitrogens is 1. The van der Waals surface area contributed by atoms with Crippen LogP contribution in [0.1, 0.15) is 39.5 Å². The van der Waals surface area contributed by atoms with E-state index in [0.29, 0.717) is 12.1 Å². The number of carbonyl (C=O) groups is 2. The highest BCUT2D eigenvalue weighted by Gasteiger charge is 2.23. The third-order valence-corrected chi connectivity index (χ3v) is 4.98. The maximum atomic E-state index is 12.7. The number of benzene rings is 2. The van der Waals surface area contributed by atoms with E-state index in [-0.39, 0.29) is 17.9 Å². The Bertz CT molecular complexity index is 805. The molecule has 0 heterocycles. The Hall–Kier alpha value is -2.66. The molecule has 0 aromatic heterocycles. The number of carbonyl (C=O) groups excluding carboxylic acids is 2. The first-order valence-corrected chi connectivity index (χ1v) is 9.25. The first-order chi connectivity index (χ1) is 12.7. The quantitative estimate of drug-likeness (QED) is 0.730. The number of amides is 2. The molecule has 0 spiro atoms. The molecule has 0 radical (unpaired) electrons. The van der Waals surface area contributed by atoms with E-state index in [0.717, 1.165) is 27.3 Å². The van der Waals surface area contributed by atoms with Gasteiger partial charge in [-0.25, -0.2) is 0 Å². The molecule has 3 N–H and O–H groups in total. The molecule has 144 valence electrons. The largest absolute Gasteiger partial charge is 0.355 e. The van der Waals surface area contributed by atoms with E-state index in [1.54, 1.807) is 7.05 Å². The van der Waals surface area contributed by atoms with Crippen LogP contribution >= 0.6 is 0 Å². The normalized spacial score (nSPS) is 13.0. The number of rotatable bonds is 6. The summed E-state index contributed by atoms with van der Waals surface area (Å²) in [5, 5.41) is 5.70. The minimum Gasteiger partial charge on any atom is -0.355 e. The molecule has 0 aliphatic rings. The standard InChI is InChI=1S/C22H29N3O2/c1-14-11-15(2)20(16(3)12-14)24-21(26)17(4)25(6)13-18-7-9-19(10-8-18)22(27)23-5/h7-12,17H,13H2,1-6H3,(H,23,27)(H,24,26)/p+1/t17-/m1/s1. The highest BCUT2D eigenvalue weighted by molar-refractivity contribution is 5.95. The van der Waals surface area contributed by atoms with Crippen LogP contribution in [-0.4, -0.2) is 32.0 Å². The summed E-state index contributed by atoms with van der Waals surface area (Å²) in [5.41, 5.74) is 5.97. The van der Waals surface area contributed by atoms with Crippen molar-refractivity contribution in [1.29, 1.82) is 0 Å². The monoisotopic (exact) mass is 368 g/mol. The van der Waals surface area contributed by atoms with Crippen LogP contribution in [0.25, 0.3) is 0 Å². The van der Waals surface area contributed by atoms with E-state index < -0.39 is 0 Å². The lowest BCUT2D eigenvalue weighted by atomic mass is 10.0. The van der Waals surface area contributed by atoms with Crippen LogP contribution in [0.15, 0.2) is 36.4 Å². The van der Waals surface area contributed by atoms with Gasteiger partial charge in [-0.05, 0) is 51.0 Å². The average molecular weight is 369 g/mol. The predicted octanol–water partition coefficient (Wildman–Crippen LogP) is 2.01. The Kier molecular flexibility index (Phi) is 6.75. The number of anilines is 1. The predicted molar refractivity (Wildman–Crippen MR) is 109 cm³/mol. The summed E-state index contributed by atoms with van der Waals surface area (Å²) >= 11 is 0. The van der Waals surface area contributed by atoms with Gasteiger partial charge in [0.15, 0.2) is 6.04 Å². The lowest BCUT2D eigenvalue weighted by Gasteiger charge is -2.22. The van der Waals surface area contributed by atoms with Crippen molar-refractivity contribution < 1.29 is 14.5 Å². The molecule has 2 aromatic carbocycles.